The van der Waals surface area contributed by atoms with Gasteiger partial charge in [0.1, 0.15) is 36.5 Å². The third-order valence-corrected chi connectivity index (χ3v) is 7.71. The molecule has 1 atom stereocenters. The number of aromatic nitrogens is 2. The summed E-state index contributed by atoms with van der Waals surface area (Å²) in [5.41, 5.74) is 1.99. The summed E-state index contributed by atoms with van der Waals surface area (Å²) in [6.45, 7) is 6.53. The van der Waals surface area contributed by atoms with Gasteiger partial charge < -0.3 is 34.5 Å². The molecule has 0 aliphatic carbocycles. The van der Waals surface area contributed by atoms with E-state index >= 15 is 0 Å². The van der Waals surface area contributed by atoms with Gasteiger partial charge in [0.25, 0.3) is 0 Å². The fourth-order valence-corrected chi connectivity index (χ4v) is 5.44. The van der Waals surface area contributed by atoms with Gasteiger partial charge in [-0.25, -0.2) is 19.2 Å². The van der Waals surface area contributed by atoms with Crippen LogP contribution in [-0.4, -0.2) is 60.4 Å². The summed E-state index contributed by atoms with van der Waals surface area (Å²) in [5, 5.41) is 6.24. The number of hydrogen-bond donors (Lipinski definition) is 2. The van der Waals surface area contributed by atoms with Gasteiger partial charge in [-0.1, -0.05) is 18.6 Å². The zero-order chi connectivity index (χ0) is 30.3. The van der Waals surface area contributed by atoms with Crippen LogP contribution in [-0.2, 0) is 0 Å². The molecule has 0 spiro atoms. The number of nitrogens with one attached hydrogen (secondary N) is 2. The maximum absolute atomic E-state index is 13.2. The number of benzene rings is 3. The van der Waals surface area contributed by atoms with Crippen LogP contribution in [0, 0.1) is 5.82 Å². The van der Waals surface area contributed by atoms with Crippen molar-refractivity contribution in [2.45, 2.75) is 38.6 Å². The van der Waals surface area contributed by atoms with E-state index in [9.17, 15) is 9.18 Å². The molecule has 11 heteroatoms. The van der Waals surface area contributed by atoms with Crippen molar-refractivity contribution in [1.29, 1.82) is 0 Å². The van der Waals surface area contributed by atoms with Crippen LogP contribution >= 0.6 is 0 Å². The highest BCUT2D eigenvalue weighted by Gasteiger charge is 2.25. The third kappa shape index (κ3) is 7.11. The van der Waals surface area contributed by atoms with Crippen molar-refractivity contribution in [2.24, 2.45) is 0 Å². The van der Waals surface area contributed by atoms with E-state index in [0.29, 0.717) is 65.3 Å². The predicted molar refractivity (Wildman–Crippen MR) is 164 cm³/mol. The minimum absolute atomic E-state index is 0.299. The molecular weight excluding hydrogens is 565 g/mol. The number of fused-ring (bicyclic) bond motifs is 3. The van der Waals surface area contributed by atoms with E-state index in [1.807, 2.05) is 13.0 Å². The summed E-state index contributed by atoms with van der Waals surface area (Å²) in [4.78, 5) is 23.9. The summed E-state index contributed by atoms with van der Waals surface area (Å²) in [7, 11) is 0. The molecule has 0 saturated carbocycles. The van der Waals surface area contributed by atoms with E-state index < -0.39 is 0 Å². The van der Waals surface area contributed by atoms with Crippen LogP contribution < -0.4 is 29.6 Å². The van der Waals surface area contributed by atoms with Gasteiger partial charge in [-0.3, -0.25) is 0 Å². The van der Waals surface area contributed by atoms with E-state index in [2.05, 4.69) is 25.5 Å². The van der Waals surface area contributed by atoms with Gasteiger partial charge >= 0.3 is 6.03 Å². The van der Waals surface area contributed by atoms with E-state index in [1.54, 1.807) is 36.4 Å². The third-order valence-electron chi connectivity index (χ3n) is 7.71. The van der Waals surface area contributed by atoms with Gasteiger partial charge in [0.05, 0.1) is 18.2 Å². The molecular formula is C33H36FN5O5. The Morgan fingerprint density at radius 1 is 1.00 bits per heavy atom. The second-order valence-corrected chi connectivity index (χ2v) is 10.9. The molecule has 3 aromatic carbocycles. The zero-order valence-corrected chi connectivity index (χ0v) is 24.7. The Morgan fingerprint density at radius 3 is 2.52 bits per heavy atom. The largest absolute Gasteiger partial charge is 0.489 e. The summed E-state index contributed by atoms with van der Waals surface area (Å²) in [5.74, 6) is 2.13. The number of carbonyl (C=O) groups excluding carboxylic acids is 1. The minimum atomic E-state index is -0.384. The Kier molecular flexibility index (Phi) is 9.21. The van der Waals surface area contributed by atoms with Crippen LogP contribution in [0.2, 0.25) is 0 Å². The fraction of sp³-hybridized carbons (Fsp3) is 0.364. The maximum atomic E-state index is 13.2. The summed E-state index contributed by atoms with van der Waals surface area (Å²) in [6, 6.07) is 14.1. The first kappa shape index (κ1) is 29.4. The van der Waals surface area contributed by atoms with Crippen LogP contribution in [0.25, 0.3) is 10.9 Å². The molecule has 10 nitrogen and oxygen atoms in total. The van der Waals surface area contributed by atoms with Gasteiger partial charge in [-0.15, -0.1) is 0 Å². The van der Waals surface area contributed by atoms with Crippen LogP contribution in [0.5, 0.6) is 28.9 Å². The molecule has 6 rings (SSSR count). The van der Waals surface area contributed by atoms with Crippen LogP contribution in [0.4, 0.5) is 14.9 Å². The summed E-state index contributed by atoms with van der Waals surface area (Å²) < 4.78 is 37.6. The highest BCUT2D eigenvalue weighted by atomic mass is 19.1. The molecule has 1 saturated heterocycles. The molecule has 44 heavy (non-hydrogen) atoms. The first-order valence-electron chi connectivity index (χ1n) is 15.1. The van der Waals surface area contributed by atoms with Crippen molar-refractivity contribution < 1.29 is 28.1 Å². The minimum Gasteiger partial charge on any atom is -0.489 e. The van der Waals surface area contributed by atoms with Gasteiger partial charge in [0.15, 0.2) is 11.5 Å². The molecule has 4 aromatic rings. The molecule has 0 bridgehead atoms. The lowest BCUT2D eigenvalue weighted by Crippen LogP contribution is -2.31. The first-order valence-corrected chi connectivity index (χ1v) is 15.1. The Hall–Kier alpha value is -4.64. The fourth-order valence-electron chi connectivity index (χ4n) is 5.44. The number of hydrogen-bond acceptors (Lipinski definition) is 8. The number of urea groups is 1. The molecule has 2 amide bonds. The lowest BCUT2D eigenvalue weighted by atomic mass is 10.1. The van der Waals surface area contributed by atoms with Gasteiger partial charge in [0.2, 0.25) is 11.6 Å². The van der Waals surface area contributed by atoms with Crippen molar-refractivity contribution in [1.82, 2.24) is 20.2 Å². The van der Waals surface area contributed by atoms with Crippen molar-refractivity contribution >= 4 is 22.6 Å². The molecule has 2 aliphatic rings. The average molecular weight is 602 g/mol. The molecule has 230 valence electrons. The number of nitrogens with zero attached hydrogens (tertiary/aromatic N) is 3. The van der Waals surface area contributed by atoms with E-state index in [1.165, 1.54) is 37.7 Å². The quantitative estimate of drug-likeness (QED) is 0.199. The molecule has 0 radical (unpaired) electrons. The van der Waals surface area contributed by atoms with E-state index in [0.717, 1.165) is 31.6 Å². The lowest BCUT2D eigenvalue weighted by molar-refractivity contribution is 0.161. The van der Waals surface area contributed by atoms with Gasteiger partial charge in [-0.05, 0) is 81.2 Å². The highest BCUT2D eigenvalue weighted by molar-refractivity contribution is 5.94. The van der Waals surface area contributed by atoms with Crippen molar-refractivity contribution in [3.63, 3.8) is 0 Å². The highest BCUT2D eigenvalue weighted by Crippen LogP contribution is 2.47. The SMILES string of the molecule is C[C@@H](NC(=O)Nc1ccc(Oc2ncnc3cc(OCCCN4CCCCC4)c4c(c23)OCCO4)cc1)c1ccc(F)cc1. The lowest BCUT2D eigenvalue weighted by Gasteiger charge is -2.26. The van der Waals surface area contributed by atoms with E-state index in [4.69, 9.17) is 18.9 Å². The number of halogens is 1. The number of amides is 2. The molecule has 1 fully saturated rings. The van der Waals surface area contributed by atoms with Gasteiger partial charge in [-0.2, -0.15) is 0 Å². The van der Waals surface area contributed by atoms with Crippen molar-refractivity contribution in [3.8, 4) is 28.9 Å². The van der Waals surface area contributed by atoms with Crippen molar-refractivity contribution in [3.05, 3.63) is 72.3 Å². The Labute approximate surface area is 255 Å². The molecule has 2 N–H and O–H groups in total. The molecule has 0 unspecified atom stereocenters. The predicted octanol–water partition coefficient (Wildman–Crippen LogP) is 6.47. The number of anilines is 1. The second kappa shape index (κ2) is 13.8. The Bertz CT molecular complexity index is 1580. The van der Waals surface area contributed by atoms with Crippen LogP contribution in [0.3, 0.4) is 0 Å². The van der Waals surface area contributed by atoms with Gasteiger partial charge in [0, 0.05) is 18.3 Å². The number of likely N-dealkylation sites (tertiary alicyclic amines) is 1. The number of piperidine rings is 1. The average Bonchev–Trinajstić information content (AvgIpc) is 3.04. The number of rotatable bonds is 10. The standard InChI is InChI=1S/C33H36FN5O5/c1-22(23-6-8-24(34)9-7-23)37-33(40)38-25-10-12-26(13-11-25)44-32-29-27(35-21-36-32)20-28(30-31(29)43-19-18-42-30)41-17-5-16-39-14-3-2-4-15-39/h6-13,20-22H,2-5,14-19H2,1H3,(H2,37,38,40)/t22-/m1/s1. The normalized spacial score (nSPS) is 15.4. The monoisotopic (exact) mass is 601 g/mol. The zero-order valence-electron chi connectivity index (χ0n) is 24.7. The topological polar surface area (TPSA) is 107 Å². The number of ether oxygens (including phenoxy) is 4. The number of carbonyl (C=O) groups is 1. The summed E-state index contributed by atoms with van der Waals surface area (Å²) >= 11 is 0. The van der Waals surface area contributed by atoms with E-state index in [-0.39, 0.29) is 17.9 Å². The molecule has 1 aromatic heterocycles. The Morgan fingerprint density at radius 2 is 1.75 bits per heavy atom. The van der Waals surface area contributed by atoms with Crippen molar-refractivity contribution in [2.75, 3.05) is 44.8 Å². The van der Waals surface area contributed by atoms with Crippen LogP contribution in [0.15, 0.2) is 60.9 Å². The second-order valence-electron chi connectivity index (χ2n) is 10.9. The molecule has 2 aliphatic heterocycles. The maximum Gasteiger partial charge on any atom is 0.319 e. The smallest absolute Gasteiger partial charge is 0.319 e. The molecule has 3 heterocycles. The Balaban J connectivity index is 1.11. The summed E-state index contributed by atoms with van der Waals surface area (Å²) in [6.07, 6.45) is 6.22. The first-order chi connectivity index (χ1) is 21.5. The van der Waals surface area contributed by atoms with Crippen LogP contribution in [0.1, 0.15) is 44.2 Å².